The van der Waals surface area contributed by atoms with Crippen LogP contribution in [0.15, 0.2) is 39.6 Å². The number of thioether (sulfide) groups is 1. The molecule has 5 heteroatoms. The minimum absolute atomic E-state index is 0.224. The minimum Gasteiger partial charge on any atom is -0.463 e. The number of hydrogen-bond acceptors (Lipinski definition) is 5. The first-order valence-corrected chi connectivity index (χ1v) is 6.75. The molecular formula is C14H15NO3S. The second kappa shape index (κ2) is 5.84. The molecule has 2 aromatic rings. The number of furan rings is 1. The van der Waals surface area contributed by atoms with E-state index in [0.717, 1.165) is 21.9 Å². The van der Waals surface area contributed by atoms with Gasteiger partial charge in [-0.15, -0.1) is 11.8 Å². The standard InChI is InChI=1S/C14H15NO3S/c1-9-11(15)4-3-5-13(9)19-8-10-6-7-12(18-10)14(16)17-2/h3-7H,8,15H2,1-2H3. The van der Waals surface area contributed by atoms with Crippen LogP contribution < -0.4 is 5.73 Å². The molecule has 2 N–H and O–H groups in total. The van der Waals surface area contributed by atoms with Crippen LogP contribution in [-0.2, 0) is 10.5 Å². The van der Waals surface area contributed by atoms with Crippen LogP contribution in [0.2, 0.25) is 0 Å². The Hall–Kier alpha value is -1.88. The number of benzene rings is 1. The first-order valence-electron chi connectivity index (χ1n) is 5.76. The molecule has 100 valence electrons. The number of esters is 1. The van der Waals surface area contributed by atoms with Crippen molar-refractivity contribution < 1.29 is 13.9 Å². The fraction of sp³-hybridized carbons (Fsp3) is 0.214. The Morgan fingerprint density at radius 3 is 2.89 bits per heavy atom. The summed E-state index contributed by atoms with van der Waals surface area (Å²) in [5.41, 5.74) is 7.69. The van der Waals surface area contributed by atoms with E-state index in [1.807, 2.05) is 25.1 Å². The normalized spacial score (nSPS) is 10.4. The SMILES string of the molecule is COC(=O)c1ccc(CSc2cccc(N)c2C)o1. The van der Waals surface area contributed by atoms with Gasteiger partial charge in [-0.3, -0.25) is 0 Å². The molecule has 0 amide bonds. The second-order valence-electron chi connectivity index (χ2n) is 4.02. The summed E-state index contributed by atoms with van der Waals surface area (Å²) in [4.78, 5) is 12.4. The Kier molecular flexibility index (Phi) is 4.16. The molecule has 0 spiro atoms. The predicted molar refractivity (Wildman–Crippen MR) is 75.2 cm³/mol. The lowest BCUT2D eigenvalue weighted by atomic mass is 10.2. The van der Waals surface area contributed by atoms with Crippen LogP contribution in [0.25, 0.3) is 0 Å². The van der Waals surface area contributed by atoms with Crippen molar-refractivity contribution in [3.05, 3.63) is 47.4 Å². The molecule has 0 aliphatic carbocycles. The molecule has 0 radical (unpaired) electrons. The number of rotatable bonds is 4. The number of hydrogen-bond donors (Lipinski definition) is 1. The van der Waals surface area contributed by atoms with E-state index in [9.17, 15) is 4.79 Å². The van der Waals surface area contributed by atoms with Gasteiger partial charge in [-0.2, -0.15) is 0 Å². The van der Waals surface area contributed by atoms with Crippen LogP contribution in [-0.4, -0.2) is 13.1 Å². The quantitative estimate of drug-likeness (QED) is 0.528. The van der Waals surface area contributed by atoms with E-state index in [-0.39, 0.29) is 5.76 Å². The number of carbonyl (C=O) groups excluding carboxylic acids is 1. The fourth-order valence-electron chi connectivity index (χ4n) is 1.60. The highest BCUT2D eigenvalue weighted by atomic mass is 32.2. The van der Waals surface area contributed by atoms with E-state index in [0.29, 0.717) is 5.75 Å². The number of carbonyl (C=O) groups is 1. The van der Waals surface area contributed by atoms with Crippen molar-refractivity contribution in [1.82, 2.24) is 0 Å². The molecule has 19 heavy (non-hydrogen) atoms. The van der Waals surface area contributed by atoms with Crippen molar-refractivity contribution in [2.24, 2.45) is 0 Å². The highest BCUT2D eigenvalue weighted by Crippen LogP contribution is 2.29. The van der Waals surface area contributed by atoms with Gasteiger partial charge >= 0.3 is 5.97 Å². The number of nitrogen functional groups attached to an aromatic ring is 1. The van der Waals surface area contributed by atoms with Gasteiger partial charge in [0.05, 0.1) is 12.9 Å². The van der Waals surface area contributed by atoms with Gasteiger partial charge in [0.2, 0.25) is 5.76 Å². The van der Waals surface area contributed by atoms with Crippen LogP contribution in [0, 0.1) is 6.92 Å². The Bertz CT molecular complexity index is 592. The summed E-state index contributed by atoms with van der Waals surface area (Å²) in [6.45, 7) is 1.99. The third-order valence-electron chi connectivity index (χ3n) is 2.74. The van der Waals surface area contributed by atoms with Crippen LogP contribution in [0.5, 0.6) is 0 Å². The van der Waals surface area contributed by atoms with Gasteiger partial charge in [-0.05, 0) is 36.8 Å². The number of ether oxygens (including phenoxy) is 1. The van der Waals surface area contributed by atoms with Crippen LogP contribution in [0.1, 0.15) is 21.9 Å². The Labute approximate surface area is 115 Å². The molecule has 0 saturated heterocycles. The predicted octanol–water partition coefficient (Wildman–Crippen LogP) is 3.25. The minimum atomic E-state index is -0.462. The molecule has 0 unspecified atom stereocenters. The van der Waals surface area contributed by atoms with Crippen molar-refractivity contribution in [3.8, 4) is 0 Å². The highest BCUT2D eigenvalue weighted by molar-refractivity contribution is 7.98. The van der Waals surface area contributed by atoms with Gasteiger partial charge in [0.25, 0.3) is 0 Å². The summed E-state index contributed by atoms with van der Waals surface area (Å²) < 4.78 is 9.99. The van der Waals surface area contributed by atoms with Gasteiger partial charge in [-0.25, -0.2) is 4.79 Å². The number of anilines is 1. The van der Waals surface area contributed by atoms with E-state index in [1.165, 1.54) is 7.11 Å². The van der Waals surface area contributed by atoms with E-state index in [1.54, 1.807) is 23.9 Å². The largest absolute Gasteiger partial charge is 0.463 e. The maximum atomic E-state index is 11.3. The molecule has 0 fully saturated rings. The van der Waals surface area contributed by atoms with Crippen LogP contribution in [0.4, 0.5) is 5.69 Å². The van der Waals surface area contributed by atoms with Gasteiger partial charge in [0.15, 0.2) is 0 Å². The second-order valence-corrected chi connectivity index (χ2v) is 5.03. The van der Waals surface area contributed by atoms with E-state index in [4.69, 9.17) is 10.2 Å². The van der Waals surface area contributed by atoms with Crippen molar-refractivity contribution in [2.45, 2.75) is 17.6 Å². The van der Waals surface area contributed by atoms with Crippen molar-refractivity contribution >= 4 is 23.4 Å². The van der Waals surface area contributed by atoms with Crippen LogP contribution in [0.3, 0.4) is 0 Å². The fourth-order valence-corrected chi connectivity index (χ4v) is 2.56. The van der Waals surface area contributed by atoms with Crippen molar-refractivity contribution in [3.63, 3.8) is 0 Å². The molecule has 1 heterocycles. The van der Waals surface area contributed by atoms with Crippen molar-refractivity contribution in [2.75, 3.05) is 12.8 Å². The highest BCUT2D eigenvalue weighted by Gasteiger charge is 2.11. The van der Waals surface area contributed by atoms with E-state index < -0.39 is 5.97 Å². The summed E-state index contributed by atoms with van der Waals surface area (Å²) in [6.07, 6.45) is 0. The molecule has 0 saturated carbocycles. The smallest absolute Gasteiger partial charge is 0.373 e. The molecule has 0 aliphatic heterocycles. The molecule has 2 rings (SSSR count). The third kappa shape index (κ3) is 3.12. The molecule has 0 aliphatic rings. The summed E-state index contributed by atoms with van der Waals surface area (Å²) in [7, 11) is 1.33. The Morgan fingerprint density at radius 2 is 2.16 bits per heavy atom. The Morgan fingerprint density at radius 1 is 1.37 bits per heavy atom. The summed E-state index contributed by atoms with van der Waals surface area (Å²) in [5, 5.41) is 0. The lowest BCUT2D eigenvalue weighted by Crippen LogP contribution is -1.98. The lowest BCUT2D eigenvalue weighted by Gasteiger charge is -2.06. The lowest BCUT2D eigenvalue weighted by molar-refractivity contribution is 0.0563. The molecule has 4 nitrogen and oxygen atoms in total. The van der Waals surface area contributed by atoms with Crippen LogP contribution >= 0.6 is 11.8 Å². The average molecular weight is 277 g/mol. The Balaban J connectivity index is 2.04. The summed E-state index contributed by atoms with van der Waals surface area (Å²) in [5.74, 6) is 1.13. The zero-order valence-corrected chi connectivity index (χ0v) is 11.6. The zero-order chi connectivity index (χ0) is 13.8. The monoisotopic (exact) mass is 277 g/mol. The van der Waals surface area contributed by atoms with Crippen molar-refractivity contribution in [1.29, 1.82) is 0 Å². The molecule has 0 atom stereocenters. The third-order valence-corrected chi connectivity index (χ3v) is 3.93. The zero-order valence-electron chi connectivity index (χ0n) is 10.8. The molecular weight excluding hydrogens is 262 g/mol. The number of methoxy groups -OCH3 is 1. The van der Waals surface area contributed by atoms with E-state index in [2.05, 4.69) is 4.74 Å². The first kappa shape index (κ1) is 13.5. The topological polar surface area (TPSA) is 65.5 Å². The summed E-state index contributed by atoms with van der Waals surface area (Å²) in [6, 6.07) is 9.21. The number of nitrogens with two attached hydrogens (primary N) is 1. The average Bonchev–Trinajstić information content (AvgIpc) is 2.88. The van der Waals surface area contributed by atoms with Gasteiger partial charge < -0.3 is 14.9 Å². The first-order chi connectivity index (χ1) is 9.11. The van der Waals surface area contributed by atoms with Gasteiger partial charge in [0.1, 0.15) is 5.76 Å². The maximum Gasteiger partial charge on any atom is 0.373 e. The van der Waals surface area contributed by atoms with Gasteiger partial charge in [-0.1, -0.05) is 6.07 Å². The van der Waals surface area contributed by atoms with E-state index >= 15 is 0 Å². The molecule has 1 aromatic carbocycles. The summed E-state index contributed by atoms with van der Waals surface area (Å²) >= 11 is 1.62. The maximum absolute atomic E-state index is 11.3. The van der Waals surface area contributed by atoms with Gasteiger partial charge in [0, 0.05) is 10.6 Å². The molecule has 1 aromatic heterocycles. The molecule has 0 bridgehead atoms.